The molecule has 196 valence electrons. The van der Waals surface area contributed by atoms with Gasteiger partial charge in [-0.3, -0.25) is 4.90 Å². The van der Waals surface area contributed by atoms with Crippen molar-refractivity contribution >= 4 is 12.1 Å². The molecule has 1 amide bonds. The molecule has 1 heterocycles. The van der Waals surface area contributed by atoms with Crippen molar-refractivity contribution < 1.29 is 29.5 Å². The first-order chi connectivity index (χ1) is 16.7. The minimum atomic E-state index is -1.32. The number of nitrogens with zero attached hydrogens (tertiary/aromatic N) is 1. The van der Waals surface area contributed by atoms with E-state index in [1.54, 1.807) is 46.1 Å². The first-order valence-corrected chi connectivity index (χ1v) is 13.4. The normalized spacial score (nSPS) is 21.4. The number of aliphatic carboxylic acids is 1. The van der Waals surface area contributed by atoms with Crippen molar-refractivity contribution in [2.45, 2.75) is 115 Å². The van der Waals surface area contributed by atoms with Crippen LogP contribution in [0.1, 0.15) is 102 Å². The fraction of sp³-hybridized carbons (Fsp3) is 0.714. The van der Waals surface area contributed by atoms with E-state index in [4.69, 9.17) is 9.47 Å². The average molecular weight is 489 g/mol. The molecule has 0 spiro atoms. The van der Waals surface area contributed by atoms with Gasteiger partial charge in [0.2, 0.25) is 0 Å². The molecule has 3 aliphatic rings. The van der Waals surface area contributed by atoms with E-state index in [-0.39, 0.29) is 6.54 Å². The molecule has 2 N–H and O–H groups in total. The number of ether oxygens (including phenoxy) is 2. The predicted octanol–water partition coefficient (Wildman–Crippen LogP) is 3.49. The zero-order valence-electron chi connectivity index (χ0n) is 22.0. The van der Waals surface area contributed by atoms with Gasteiger partial charge in [0.15, 0.2) is 0 Å². The molecule has 4 rings (SSSR count). The standard InChI is InChI=1S/C16H21NO5.C12H23N/c1-16(2,3)22-15(20)17-8-7-10-9-11(21-4)5-6-12(10)13(17)14(18)19;1-3-7-11(8-4-1)13-12-9-5-2-6-10-12/h5-6,9,13H,7-8H2,1-4H3,(H,18,19);11-13H,1-10H2. The molecule has 0 aromatic heterocycles. The number of hydrogen-bond acceptors (Lipinski definition) is 5. The van der Waals surface area contributed by atoms with Crippen LogP contribution in [0, 0.1) is 0 Å². The number of amides is 1. The van der Waals surface area contributed by atoms with Gasteiger partial charge in [0.25, 0.3) is 0 Å². The van der Waals surface area contributed by atoms with Crippen LogP contribution in [0.25, 0.3) is 0 Å². The SMILES string of the molecule is C1CCC([NH2+]C2CCCCC2)CC1.COc1ccc2c(c1)CCN(C(=O)OC(C)(C)C)C2C(=O)[O-]. The molecule has 1 aliphatic heterocycles. The maximum absolute atomic E-state index is 12.2. The monoisotopic (exact) mass is 488 g/mol. The lowest BCUT2D eigenvalue weighted by Crippen LogP contribution is -2.95. The Labute approximate surface area is 210 Å². The number of methoxy groups -OCH3 is 1. The number of carboxylic acid groups (broad SMARTS) is 1. The van der Waals surface area contributed by atoms with Gasteiger partial charge in [-0.2, -0.15) is 0 Å². The number of carbonyl (C=O) groups excluding carboxylic acids is 2. The highest BCUT2D eigenvalue weighted by molar-refractivity contribution is 5.81. The van der Waals surface area contributed by atoms with E-state index >= 15 is 0 Å². The van der Waals surface area contributed by atoms with Gasteiger partial charge in [0, 0.05) is 6.54 Å². The van der Waals surface area contributed by atoms with Gasteiger partial charge in [0.05, 0.1) is 25.2 Å². The summed E-state index contributed by atoms with van der Waals surface area (Å²) in [6.45, 7) is 5.47. The minimum absolute atomic E-state index is 0.258. The molecule has 1 atom stereocenters. The third kappa shape index (κ3) is 8.13. The third-order valence-corrected chi connectivity index (χ3v) is 7.27. The van der Waals surface area contributed by atoms with Crippen LogP contribution in [0.3, 0.4) is 0 Å². The number of hydrogen-bond donors (Lipinski definition) is 1. The molecule has 1 aromatic carbocycles. The van der Waals surface area contributed by atoms with Gasteiger partial charge in [0.1, 0.15) is 17.4 Å². The Hall–Kier alpha value is -2.28. The lowest BCUT2D eigenvalue weighted by Gasteiger charge is -2.38. The van der Waals surface area contributed by atoms with Gasteiger partial charge in [-0.1, -0.05) is 18.9 Å². The molecular formula is C28H44N2O5. The maximum Gasteiger partial charge on any atom is 0.411 e. The Morgan fingerprint density at radius 3 is 2.03 bits per heavy atom. The van der Waals surface area contributed by atoms with Crippen LogP contribution in [0.5, 0.6) is 5.75 Å². The summed E-state index contributed by atoms with van der Waals surface area (Å²) in [6, 6.07) is 5.97. The van der Waals surface area contributed by atoms with E-state index in [1.165, 1.54) is 69.1 Å². The fourth-order valence-electron chi connectivity index (χ4n) is 5.54. The molecule has 0 radical (unpaired) electrons. The Morgan fingerprint density at radius 2 is 1.54 bits per heavy atom. The number of carboxylic acids is 1. The fourth-order valence-corrected chi connectivity index (χ4v) is 5.54. The van der Waals surface area contributed by atoms with Crippen LogP contribution < -0.4 is 15.2 Å². The maximum atomic E-state index is 12.2. The minimum Gasteiger partial charge on any atom is -0.548 e. The Kier molecular flexibility index (Phi) is 9.84. The molecule has 0 bridgehead atoms. The van der Waals surface area contributed by atoms with Crippen molar-refractivity contribution in [3.63, 3.8) is 0 Å². The largest absolute Gasteiger partial charge is 0.548 e. The topological polar surface area (TPSA) is 95.5 Å². The molecule has 7 heteroatoms. The lowest BCUT2D eigenvalue weighted by atomic mass is 9.91. The zero-order valence-corrected chi connectivity index (χ0v) is 22.0. The summed E-state index contributed by atoms with van der Waals surface area (Å²) in [4.78, 5) is 25.0. The van der Waals surface area contributed by atoms with Gasteiger partial charge >= 0.3 is 6.09 Å². The number of rotatable bonds is 4. The van der Waals surface area contributed by atoms with Crippen LogP contribution >= 0.6 is 0 Å². The van der Waals surface area contributed by atoms with Crippen LogP contribution in [0.2, 0.25) is 0 Å². The van der Waals surface area contributed by atoms with Gasteiger partial charge in [-0.15, -0.1) is 0 Å². The van der Waals surface area contributed by atoms with Crippen LogP contribution in [0.15, 0.2) is 18.2 Å². The second-order valence-corrected chi connectivity index (χ2v) is 11.2. The summed E-state index contributed by atoms with van der Waals surface area (Å²) in [5.74, 6) is -0.668. The summed E-state index contributed by atoms with van der Waals surface area (Å²) in [5, 5.41) is 14.3. The highest BCUT2D eigenvalue weighted by Gasteiger charge is 2.34. The van der Waals surface area contributed by atoms with Crippen molar-refractivity contribution in [2.24, 2.45) is 0 Å². The number of benzene rings is 1. The van der Waals surface area contributed by atoms with Gasteiger partial charge < -0.3 is 24.7 Å². The molecule has 0 saturated heterocycles. The average Bonchev–Trinajstić information content (AvgIpc) is 2.83. The molecule has 2 fully saturated rings. The van der Waals surface area contributed by atoms with Crippen molar-refractivity contribution in [2.75, 3.05) is 13.7 Å². The summed E-state index contributed by atoms with van der Waals surface area (Å²) >= 11 is 0. The lowest BCUT2D eigenvalue weighted by molar-refractivity contribution is -0.725. The van der Waals surface area contributed by atoms with E-state index in [9.17, 15) is 14.7 Å². The van der Waals surface area contributed by atoms with Crippen molar-refractivity contribution in [1.82, 2.24) is 4.90 Å². The third-order valence-electron chi connectivity index (χ3n) is 7.27. The number of quaternary nitrogens is 1. The van der Waals surface area contributed by atoms with Crippen LogP contribution in [-0.4, -0.2) is 48.3 Å². The zero-order chi connectivity index (χ0) is 25.4. The van der Waals surface area contributed by atoms with Gasteiger partial charge in [-0.05, 0) is 102 Å². The van der Waals surface area contributed by atoms with E-state index in [1.807, 2.05) is 0 Å². The van der Waals surface area contributed by atoms with E-state index in [0.29, 0.717) is 17.7 Å². The molecule has 2 saturated carbocycles. The highest BCUT2D eigenvalue weighted by atomic mass is 16.6. The Bertz CT molecular complexity index is 822. The number of carbonyl (C=O) groups is 2. The first kappa shape index (κ1) is 27.3. The molecule has 7 nitrogen and oxygen atoms in total. The quantitative estimate of drug-likeness (QED) is 0.700. The molecular weight excluding hydrogens is 444 g/mol. The van der Waals surface area contributed by atoms with Crippen molar-refractivity contribution in [3.05, 3.63) is 29.3 Å². The van der Waals surface area contributed by atoms with Crippen LogP contribution in [-0.2, 0) is 16.0 Å². The molecule has 1 unspecified atom stereocenters. The Morgan fingerprint density at radius 1 is 0.971 bits per heavy atom. The van der Waals surface area contributed by atoms with Crippen molar-refractivity contribution in [1.29, 1.82) is 0 Å². The van der Waals surface area contributed by atoms with Crippen LogP contribution in [0.4, 0.5) is 4.79 Å². The molecule has 1 aromatic rings. The second-order valence-electron chi connectivity index (χ2n) is 11.2. The summed E-state index contributed by atoms with van der Waals surface area (Å²) < 4.78 is 10.4. The van der Waals surface area contributed by atoms with Gasteiger partial charge in [-0.25, -0.2) is 4.79 Å². The summed E-state index contributed by atoms with van der Waals surface area (Å²) in [7, 11) is 1.55. The number of nitrogens with two attached hydrogens (primary N) is 1. The summed E-state index contributed by atoms with van der Waals surface area (Å²) in [5.41, 5.74) is 0.694. The number of fused-ring (bicyclic) bond motifs is 1. The summed E-state index contributed by atoms with van der Waals surface area (Å²) in [6.07, 6.45) is 14.8. The smallest absolute Gasteiger partial charge is 0.411 e. The van der Waals surface area contributed by atoms with E-state index in [0.717, 1.165) is 17.6 Å². The second kappa shape index (κ2) is 12.6. The first-order valence-electron chi connectivity index (χ1n) is 13.4. The highest BCUT2D eigenvalue weighted by Crippen LogP contribution is 2.33. The van der Waals surface area contributed by atoms with E-state index < -0.39 is 23.7 Å². The Balaban J connectivity index is 0.000000223. The predicted molar refractivity (Wildman–Crippen MR) is 133 cm³/mol. The van der Waals surface area contributed by atoms with Crippen molar-refractivity contribution in [3.8, 4) is 5.75 Å². The molecule has 35 heavy (non-hydrogen) atoms. The van der Waals surface area contributed by atoms with E-state index in [2.05, 4.69) is 5.32 Å². The molecule has 2 aliphatic carbocycles.